The maximum absolute atomic E-state index is 12.2. The molecule has 0 saturated heterocycles. The minimum Gasteiger partial charge on any atom is -0.341 e. The van der Waals surface area contributed by atoms with Gasteiger partial charge in [0.05, 0.1) is 6.04 Å². The molecule has 3 nitrogen and oxygen atoms in total. The van der Waals surface area contributed by atoms with E-state index in [1.165, 1.54) is 19.3 Å². The molecule has 2 unspecified atom stereocenters. The van der Waals surface area contributed by atoms with Crippen LogP contribution in [0.3, 0.4) is 0 Å². The summed E-state index contributed by atoms with van der Waals surface area (Å²) < 4.78 is 0. The van der Waals surface area contributed by atoms with Gasteiger partial charge in [-0.2, -0.15) is 0 Å². The van der Waals surface area contributed by atoms with Gasteiger partial charge in [0.1, 0.15) is 0 Å². The van der Waals surface area contributed by atoms with Crippen molar-refractivity contribution in [1.29, 1.82) is 0 Å². The molecule has 2 N–H and O–H groups in total. The first kappa shape index (κ1) is 14.5. The van der Waals surface area contributed by atoms with Crippen molar-refractivity contribution < 1.29 is 4.79 Å². The van der Waals surface area contributed by atoms with Gasteiger partial charge in [-0.15, -0.1) is 0 Å². The standard InChI is InChI=1S/C14H28N2O/c1-4-5-9-12(15)14(17)16(3)13-10-7-6-8-11(13)2/h11-13H,4-10,15H2,1-3H3/t11?,12-,13?/m0/s1. The third kappa shape index (κ3) is 3.98. The van der Waals surface area contributed by atoms with Gasteiger partial charge in [-0.1, -0.05) is 39.5 Å². The molecular weight excluding hydrogens is 212 g/mol. The highest BCUT2D eigenvalue weighted by Crippen LogP contribution is 2.27. The molecule has 1 aliphatic carbocycles. The van der Waals surface area contributed by atoms with Crippen molar-refractivity contribution in [2.24, 2.45) is 11.7 Å². The van der Waals surface area contributed by atoms with Crippen molar-refractivity contribution in [2.45, 2.75) is 70.9 Å². The lowest BCUT2D eigenvalue weighted by Gasteiger charge is -2.37. The van der Waals surface area contributed by atoms with Crippen molar-refractivity contribution in [1.82, 2.24) is 4.90 Å². The zero-order chi connectivity index (χ0) is 12.8. The van der Waals surface area contributed by atoms with E-state index >= 15 is 0 Å². The number of nitrogens with zero attached hydrogens (tertiary/aromatic N) is 1. The van der Waals surface area contributed by atoms with Crippen molar-refractivity contribution in [3.63, 3.8) is 0 Å². The van der Waals surface area contributed by atoms with Gasteiger partial charge < -0.3 is 10.6 Å². The van der Waals surface area contributed by atoms with Crippen LogP contribution < -0.4 is 5.73 Å². The van der Waals surface area contributed by atoms with Crippen LogP contribution in [0.2, 0.25) is 0 Å². The second kappa shape index (κ2) is 7.00. The number of likely N-dealkylation sites (N-methyl/N-ethyl adjacent to an activating group) is 1. The van der Waals surface area contributed by atoms with Crippen LogP contribution in [0.15, 0.2) is 0 Å². The van der Waals surface area contributed by atoms with E-state index in [4.69, 9.17) is 5.73 Å². The quantitative estimate of drug-likeness (QED) is 0.802. The van der Waals surface area contributed by atoms with Crippen molar-refractivity contribution >= 4 is 5.91 Å². The van der Waals surface area contributed by atoms with E-state index in [-0.39, 0.29) is 11.9 Å². The number of carbonyl (C=O) groups is 1. The summed E-state index contributed by atoms with van der Waals surface area (Å²) in [5.41, 5.74) is 5.97. The van der Waals surface area contributed by atoms with E-state index in [0.717, 1.165) is 25.7 Å². The third-order valence-electron chi connectivity index (χ3n) is 4.10. The number of amides is 1. The van der Waals surface area contributed by atoms with Crippen LogP contribution in [0.5, 0.6) is 0 Å². The predicted molar refractivity (Wildman–Crippen MR) is 71.7 cm³/mol. The molecule has 0 aliphatic heterocycles. The fourth-order valence-corrected chi connectivity index (χ4v) is 2.84. The fraction of sp³-hybridized carbons (Fsp3) is 0.929. The van der Waals surface area contributed by atoms with Gasteiger partial charge >= 0.3 is 0 Å². The summed E-state index contributed by atoms with van der Waals surface area (Å²) >= 11 is 0. The van der Waals surface area contributed by atoms with Crippen LogP contribution in [-0.2, 0) is 4.79 Å². The van der Waals surface area contributed by atoms with Crippen molar-refractivity contribution in [3.05, 3.63) is 0 Å². The predicted octanol–water partition coefficient (Wildman–Crippen LogP) is 2.54. The highest BCUT2D eigenvalue weighted by Gasteiger charge is 2.29. The summed E-state index contributed by atoms with van der Waals surface area (Å²) in [6.45, 7) is 4.38. The van der Waals surface area contributed by atoms with E-state index < -0.39 is 0 Å². The average Bonchev–Trinajstić information content (AvgIpc) is 2.34. The summed E-state index contributed by atoms with van der Waals surface area (Å²) in [5.74, 6) is 0.758. The molecule has 0 aromatic rings. The molecule has 0 spiro atoms. The Kier molecular flexibility index (Phi) is 5.96. The molecule has 1 aliphatic rings. The van der Waals surface area contributed by atoms with Crippen molar-refractivity contribution in [3.8, 4) is 0 Å². The lowest BCUT2D eigenvalue weighted by Crippen LogP contribution is -2.49. The van der Waals surface area contributed by atoms with Gasteiger partial charge in [0.25, 0.3) is 0 Å². The molecule has 1 fully saturated rings. The van der Waals surface area contributed by atoms with E-state index in [1.807, 2.05) is 11.9 Å². The first-order chi connectivity index (χ1) is 8.07. The Morgan fingerprint density at radius 2 is 2.06 bits per heavy atom. The van der Waals surface area contributed by atoms with Crippen LogP contribution in [0.4, 0.5) is 0 Å². The van der Waals surface area contributed by atoms with Crippen molar-refractivity contribution in [2.75, 3.05) is 7.05 Å². The molecule has 0 radical (unpaired) electrons. The average molecular weight is 240 g/mol. The number of carbonyl (C=O) groups excluding carboxylic acids is 1. The second-order valence-electron chi connectivity index (χ2n) is 5.53. The maximum atomic E-state index is 12.2. The zero-order valence-electron chi connectivity index (χ0n) is 11.6. The fourth-order valence-electron chi connectivity index (χ4n) is 2.84. The molecule has 0 aromatic heterocycles. The van der Waals surface area contributed by atoms with Gasteiger partial charge in [0, 0.05) is 13.1 Å². The van der Waals surface area contributed by atoms with Crippen LogP contribution >= 0.6 is 0 Å². The molecule has 17 heavy (non-hydrogen) atoms. The largest absolute Gasteiger partial charge is 0.341 e. The highest BCUT2D eigenvalue weighted by atomic mass is 16.2. The molecule has 0 aromatic carbocycles. The molecular formula is C14H28N2O. The number of hydrogen-bond donors (Lipinski definition) is 1. The summed E-state index contributed by atoms with van der Waals surface area (Å²) in [6, 6.07) is 0.109. The Bertz CT molecular complexity index is 242. The van der Waals surface area contributed by atoms with Gasteiger partial charge in [0.2, 0.25) is 5.91 Å². The zero-order valence-corrected chi connectivity index (χ0v) is 11.6. The molecule has 0 heterocycles. The molecule has 100 valence electrons. The lowest BCUT2D eigenvalue weighted by atomic mass is 9.85. The normalized spacial score (nSPS) is 26.6. The molecule has 1 rings (SSSR count). The van der Waals surface area contributed by atoms with Crippen LogP contribution in [0, 0.1) is 5.92 Å². The summed E-state index contributed by atoms with van der Waals surface area (Å²) in [4.78, 5) is 14.1. The SMILES string of the molecule is CCCC[C@H](N)C(=O)N(C)C1CCCCC1C. The molecule has 3 heteroatoms. The smallest absolute Gasteiger partial charge is 0.239 e. The lowest BCUT2D eigenvalue weighted by molar-refractivity contribution is -0.135. The monoisotopic (exact) mass is 240 g/mol. The van der Waals surface area contributed by atoms with E-state index in [9.17, 15) is 4.79 Å². The Balaban J connectivity index is 2.49. The molecule has 1 amide bonds. The van der Waals surface area contributed by atoms with E-state index in [1.54, 1.807) is 0 Å². The van der Waals surface area contributed by atoms with Crippen LogP contribution in [0.25, 0.3) is 0 Å². The summed E-state index contributed by atoms with van der Waals surface area (Å²) in [6.07, 6.45) is 7.90. The molecule has 0 bridgehead atoms. The summed E-state index contributed by atoms with van der Waals surface area (Å²) in [7, 11) is 1.93. The number of hydrogen-bond acceptors (Lipinski definition) is 2. The Morgan fingerprint density at radius 3 is 2.65 bits per heavy atom. The van der Waals surface area contributed by atoms with Gasteiger partial charge in [0.15, 0.2) is 0 Å². The van der Waals surface area contributed by atoms with E-state index in [2.05, 4.69) is 13.8 Å². The Hall–Kier alpha value is -0.570. The van der Waals surface area contributed by atoms with Crippen LogP contribution in [0.1, 0.15) is 58.8 Å². The first-order valence-corrected chi connectivity index (χ1v) is 7.10. The Morgan fingerprint density at radius 1 is 1.41 bits per heavy atom. The van der Waals surface area contributed by atoms with Gasteiger partial charge in [-0.25, -0.2) is 0 Å². The molecule has 1 saturated carbocycles. The van der Waals surface area contributed by atoms with Gasteiger partial charge in [-0.3, -0.25) is 4.79 Å². The third-order valence-corrected chi connectivity index (χ3v) is 4.10. The highest BCUT2D eigenvalue weighted by molar-refractivity contribution is 5.81. The number of rotatable bonds is 5. The number of unbranched alkanes of at least 4 members (excludes halogenated alkanes) is 1. The van der Waals surface area contributed by atoms with E-state index in [0.29, 0.717) is 12.0 Å². The van der Waals surface area contributed by atoms with Crippen LogP contribution in [-0.4, -0.2) is 29.9 Å². The minimum atomic E-state index is -0.297. The maximum Gasteiger partial charge on any atom is 0.239 e. The Labute approximate surface area is 106 Å². The summed E-state index contributed by atoms with van der Waals surface area (Å²) in [5, 5.41) is 0. The van der Waals surface area contributed by atoms with Gasteiger partial charge in [-0.05, 0) is 25.2 Å². The number of nitrogens with two attached hydrogens (primary N) is 1. The first-order valence-electron chi connectivity index (χ1n) is 7.10. The molecule has 3 atom stereocenters. The minimum absolute atomic E-state index is 0.136. The second-order valence-corrected chi connectivity index (χ2v) is 5.53. The topological polar surface area (TPSA) is 46.3 Å².